The maximum atomic E-state index is 10.1. The van der Waals surface area contributed by atoms with Gasteiger partial charge in [0, 0.05) is 0 Å². The number of carboxylic acid groups (broad SMARTS) is 1. The van der Waals surface area contributed by atoms with E-state index in [1.54, 1.807) is 18.2 Å². The van der Waals surface area contributed by atoms with Gasteiger partial charge in [0.2, 0.25) is 0 Å². The second-order valence-corrected chi connectivity index (χ2v) is 2.32. The molecule has 0 heterocycles. The molecule has 0 saturated heterocycles. The summed E-state index contributed by atoms with van der Waals surface area (Å²) < 4.78 is 0. The zero-order chi connectivity index (χ0) is 9.94. The molecule has 0 aliphatic rings. The number of hydrogen-bond donors (Lipinski definition) is 1. The minimum absolute atomic E-state index is 0. The normalized spacial score (nSPS) is 11.8. The Balaban J connectivity index is -0.000000720. The van der Waals surface area contributed by atoms with Crippen LogP contribution >= 0.6 is 0 Å². The molecule has 0 atom stereocenters. The average molecular weight is 202 g/mol. The predicted molar refractivity (Wildman–Crippen MR) is 55.6 cm³/mol. The van der Waals surface area contributed by atoms with E-state index in [9.17, 15) is 4.79 Å². The Bertz CT molecular complexity index is 255. The fraction of sp³-hybridized carbons (Fsp3) is 0.182. The Morgan fingerprint density at radius 3 is 2.14 bits per heavy atom. The van der Waals surface area contributed by atoms with Crippen LogP contribution in [0.1, 0.15) is 14.8 Å². The summed E-state index contributed by atoms with van der Waals surface area (Å²) in [6.07, 6.45) is 14.7. The molecule has 0 saturated carbocycles. The van der Waals surface area contributed by atoms with Crippen LogP contribution in [0.2, 0.25) is 0 Å². The van der Waals surface area contributed by atoms with Crippen LogP contribution in [0, 0.1) is 0 Å². The van der Waals surface area contributed by atoms with Crippen molar-refractivity contribution >= 4 is 5.97 Å². The molecular formula is C11H15NaO2. The summed E-state index contributed by atoms with van der Waals surface area (Å²) in [5.41, 5.74) is 0. The summed E-state index contributed by atoms with van der Waals surface area (Å²) in [5.74, 6) is -0.811. The molecule has 0 bridgehead atoms. The van der Waals surface area contributed by atoms with Crippen LogP contribution in [0.4, 0.5) is 0 Å². The molecule has 3 heteroatoms. The van der Waals surface area contributed by atoms with E-state index in [4.69, 9.17) is 5.11 Å². The van der Waals surface area contributed by atoms with Crippen molar-refractivity contribution in [3.8, 4) is 0 Å². The van der Waals surface area contributed by atoms with Gasteiger partial charge in [-0.25, -0.2) is 0 Å². The number of hydrogen-bond acceptors (Lipinski definition) is 1. The monoisotopic (exact) mass is 202 g/mol. The van der Waals surface area contributed by atoms with E-state index in [1.807, 2.05) is 37.3 Å². The Morgan fingerprint density at radius 1 is 1.14 bits per heavy atom. The summed E-state index contributed by atoms with van der Waals surface area (Å²) >= 11 is 0. The zero-order valence-electron chi connectivity index (χ0n) is 9.68. The first-order valence-electron chi connectivity index (χ1n) is 4.10. The van der Waals surface area contributed by atoms with E-state index in [0.29, 0.717) is 0 Å². The summed E-state index contributed by atoms with van der Waals surface area (Å²) in [6.45, 7) is 1.95. The van der Waals surface area contributed by atoms with Crippen molar-refractivity contribution in [2.45, 2.75) is 13.3 Å². The Labute approximate surface area is 108 Å². The van der Waals surface area contributed by atoms with Crippen LogP contribution in [-0.4, -0.2) is 11.1 Å². The van der Waals surface area contributed by atoms with Crippen molar-refractivity contribution in [1.29, 1.82) is 0 Å². The van der Waals surface area contributed by atoms with Crippen molar-refractivity contribution in [3.05, 3.63) is 48.6 Å². The van der Waals surface area contributed by atoms with Gasteiger partial charge in [-0.1, -0.05) is 48.6 Å². The molecule has 0 aromatic heterocycles. The number of carbonyl (C=O) groups is 1. The van der Waals surface area contributed by atoms with Crippen LogP contribution in [-0.2, 0) is 4.79 Å². The van der Waals surface area contributed by atoms with Crippen molar-refractivity contribution in [2.24, 2.45) is 0 Å². The molecule has 0 fully saturated rings. The molecule has 0 spiro atoms. The van der Waals surface area contributed by atoms with Crippen molar-refractivity contribution in [1.82, 2.24) is 0 Å². The van der Waals surface area contributed by atoms with Gasteiger partial charge in [-0.2, -0.15) is 0 Å². The Hall–Kier alpha value is -0.570. The van der Waals surface area contributed by atoms with Crippen LogP contribution in [0.3, 0.4) is 0 Å². The largest absolute Gasteiger partial charge is 1.00 e. The number of allylic oxidation sites excluding steroid dienone is 7. The quantitative estimate of drug-likeness (QED) is 0.496. The Kier molecular flexibility index (Phi) is 14.1. The van der Waals surface area contributed by atoms with Crippen molar-refractivity contribution < 1.29 is 40.9 Å². The number of aliphatic carboxylic acids is 1. The third-order valence-electron chi connectivity index (χ3n) is 1.18. The summed E-state index contributed by atoms with van der Waals surface area (Å²) in [5, 5.41) is 8.29. The summed E-state index contributed by atoms with van der Waals surface area (Å²) in [4.78, 5) is 10.1. The van der Waals surface area contributed by atoms with E-state index in [0.717, 1.165) is 0 Å². The summed E-state index contributed by atoms with van der Waals surface area (Å²) in [7, 11) is 0. The molecular weight excluding hydrogens is 187 g/mol. The van der Waals surface area contributed by atoms with Gasteiger partial charge in [0.1, 0.15) is 0 Å². The smallest absolute Gasteiger partial charge is 1.00 e. The van der Waals surface area contributed by atoms with Gasteiger partial charge in [-0.3, -0.25) is 4.79 Å². The molecule has 0 aromatic carbocycles. The standard InChI is InChI=1S/C11H14O2.Na.H/c1-2-3-4-5-6-7-8-9-10-11(12)13;;/h2-9H,10H2,1H3,(H,12,13);;/q;+1;-1. The second-order valence-electron chi connectivity index (χ2n) is 2.32. The zero-order valence-corrected chi connectivity index (χ0v) is 10.7. The third-order valence-corrected chi connectivity index (χ3v) is 1.18. The fourth-order valence-electron chi connectivity index (χ4n) is 0.615. The first-order chi connectivity index (χ1) is 6.27. The predicted octanol–water partition coefficient (Wildman–Crippen LogP) is -0.178. The molecule has 0 aromatic rings. The number of rotatable bonds is 5. The SMILES string of the molecule is CC=CC=CC=CC=CCC(=O)O.[H-].[Na+]. The fourth-order valence-corrected chi connectivity index (χ4v) is 0.615. The number of carboxylic acids is 1. The molecule has 72 valence electrons. The summed E-state index contributed by atoms with van der Waals surface area (Å²) in [6, 6.07) is 0. The second kappa shape index (κ2) is 12.4. The Morgan fingerprint density at radius 2 is 1.64 bits per heavy atom. The van der Waals surface area contributed by atoms with E-state index in [2.05, 4.69) is 0 Å². The molecule has 0 radical (unpaired) electrons. The molecule has 2 nitrogen and oxygen atoms in total. The third kappa shape index (κ3) is 14.0. The van der Waals surface area contributed by atoms with Crippen LogP contribution in [0.5, 0.6) is 0 Å². The van der Waals surface area contributed by atoms with Gasteiger partial charge in [0.25, 0.3) is 0 Å². The topological polar surface area (TPSA) is 37.3 Å². The molecule has 0 aliphatic heterocycles. The molecule has 0 rings (SSSR count). The van der Waals surface area contributed by atoms with Crippen LogP contribution in [0.15, 0.2) is 48.6 Å². The van der Waals surface area contributed by atoms with Gasteiger partial charge in [0.15, 0.2) is 0 Å². The minimum atomic E-state index is -0.811. The first-order valence-corrected chi connectivity index (χ1v) is 4.10. The van der Waals surface area contributed by atoms with Gasteiger partial charge >= 0.3 is 35.5 Å². The van der Waals surface area contributed by atoms with E-state index in [-0.39, 0.29) is 37.4 Å². The van der Waals surface area contributed by atoms with Crippen LogP contribution < -0.4 is 29.6 Å². The van der Waals surface area contributed by atoms with Crippen molar-refractivity contribution in [2.75, 3.05) is 0 Å². The van der Waals surface area contributed by atoms with E-state index < -0.39 is 5.97 Å². The minimum Gasteiger partial charge on any atom is -1.00 e. The van der Waals surface area contributed by atoms with E-state index >= 15 is 0 Å². The molecule has 0 amide bonds. The first kappa shape index (κ1) is 15.9. The molecule has 1 N–H and O–H groups in total. The molecule has 14 heavy (non-hydrogen) atoms. The van der Waals surface area contributed by atoms with Crippen molar-refractivity contribution in [3.63, 3.8) is 0 Å². The molecule has 0 aliphatic carbocycles. The van der Waals surface area contributed by atoms with Gasteiger partial charge in [-0.15, -0.1) is 0 Å². The average Bonchev–Trinajstić information content (AvgIpc) is 2.09. The molecule has 0 unspecified atom stereocenters. The van der Waals surface area contributed by atoms with Gasteiger partial charge in [-0.05, 0) is 6.92 Å². The maximum Gasteiger partial charge on any atom is 1.00 e. The van der Waals surface area contributed by atoms with Gasteiger partial charge < -0.3 is 6.53 Å². The van der Waals surface area contributed by atoms with Gasteiger partial charge in [0.05, 0.1) is 6.42 Å². The maximum absolute atomic E-state index is 10.1. The van der Waals surface area contributed by atoms with E-state index in [1.165, 1.54) is 0 Å². The van der Waals surface area contributed by atoms with Crippen LogP contribution in [0.25, 0.3) is 0 Å².